The number of thiophene rings is 1. The lowest BCUT2D eigenvalue weighted by Gasteiger charge is -2.27. The van der Waals surface area contributed by atoms with Gasteiger partial charge in [0, 0.05) is 34.0 Å². The molecule has 2 atom stereocenters. The molecule has 1 saturated heterocycles. The van der Waals surface area contributed by atoms with Gasteiger partial charge in [0.25, 0.3) is 0 Å². The molecule has 2 aromatic heterocycles. The van der Waals surface area contributed by atoms with Crippen LogP contribution in [0.2, 0.25) is 0 Å². The molecule has 1 aliphatic rings. The first kappa shape index (κ1) is 16.8. The zero-order chi connectivity index (χ0) is 16.4. The highest BCUT2D eigenvalue weighted by molar-refractivity contribution is 9.10. The van der Waals surface area contributed by atoms with E-state index in [1.54, 1.807) is 11.3 Å². The first-order valence-electron chi connectivity index (χ1n) is 7.43. The predicted molar refractivity (Wildman–Crippen MR) is 103 cm³/mol. The Morgan fingerprint density at radius 1 is 1.43 bits per heavy atom. The SMILES string of the molecule is CN(C)CCN1C(=S)N[C@H](c2ccccn2)[C@H]1c1cc(Br)cs1. The van der Waals surface area contributed by atoms with Crippen molar-refractivity contribution in [3.8, 4) is 0 Å². The number of hydrogen-bond donors (Lipinski definition) is 1. The van der Waals surface area contributed by atoms with Crippen molar-refractivity contribution in [2.24, 2.45) is 0 Å². The average molecular weight is 411 g/mol. The Hall–Kier alpha value is -1.02. The molecule has 122 valence electrons. The lowest BCUT2D eigenvalue weighted by molar-refractivity contribution is 0.280. The molecule has 0 saturated carbocycles. The third-order valence-corrected chi connectivity index (χ3v) is 5.98. The molecule has 0 radical (unpaired) electrons. The van der Waals surface area contributed by atoms with E-state index < -0.39 is 0 Å². The van der Waals surface area contributed by atoms with E-state index in [9.17, 15) is 0 Å². The Morgan fingerprint density at radius 2 is 2.26 bits per heavy atom. The number of thiocarbonyl (C=S) groups is 1. The lowest BCUT2D eigenvalue weighted by atomic mass is 10.0. The minimum atomic E-state index is 0.0800. The van der Waals surface area contributed by atoms with E-state index in [4.69, 9.17) is 12.2 Å². The predicted octanol–water partition coefficient (Wildman–Crippen LogP) is 3.44. The van der Waals surface area contributed by atoms with Crippen molar-refractivity contribution in [2.45, 2.75) is 12.1 Å². The molecule has 0 amide bonds. The summed E-state index contributed by atoms with van der Waals surface area (Å²) in [6, 6.07) is 8.47. The fourth-order valence-corrected chi connectivity index (χ4v) is 4.67. The first-order valence-corrected chi connectivity index (χ1v) is 9.51. The second-order valence-electron chi connectivity index (χ2n) is 5.79. The van der Waals surface area contributed by atoms with E-state index in [2.05, 4.69) is 67.6 Å². The molecule has 7 heteroatoms. The number of aromatic nitrogens is 1. The summed E-state index contributed by atoms with van der Waals surface area (Å²) in [5.74, 6) is 0. The highest BCUT2D eigenvalue weighted by Crippen LogP contribution is 2.41. The molecular weight excluding hydrogens is 392 g/mol. The van der Waals surface area contributed by atoms with E-state index in [1.807, 2.05) is 18.3 Å². The zero-order valence-electron chi connectivity index (χ0n) is 13.1. The van der Waals surface area contributed by atoms with Gasteiger partial charge in [-0.3, -0.25) is 4.98 Å². The molecule has 0 unspecified atom stereocenters. The largest absolute Gasteiger partial charge is 0.352 e. The highest BCUT2D eigenvalue weighted by Gasteiger charge is 2.40. The number of pyridine rings is 1. The van der Waals surface area contributed by atoms with E-state index in [0.29, 0.717) is 0 Å². The van der Waals surface area contributed by atoms with E-state index in [1.165, 1.54) is 4.88 Å². The minimum Gasteiger partial charge on any atom is -0.352 e. The Morgan fingerprint density at radius 3 is 2.87 bits per heavy atom. The van der Waals surface area contributed by atoms with Crippen LogP contribution < -0.4 is 5.32 Å². The smallest absolute Gasteiger partial charge is 0.170 e. The van der Waals surface area contributed by atoms with Gasteiger partial charge in [-0.2, -0.15) is 0 Å². The van der Waals surface area contributed by atoms with Crippen molar-refractivity contribution in [1.29, 1.82) is 0 Å². The van der Waals surface area contributed by atoms with Gasteiger partial charge in [-0.25, -0.2) is 0 Å². The molecule has 0 spiro atoms. The number of nitrogens with one attached hydrogen (secondary N) is 1. The highest BCUT2D eigenvalue weighted by atomic mass is 79.9. The summed E-state index contributed by atoms with van der Waals surface area (Å²) in [6.45, 7) is 1.85. The normalized spacial score (nSPS) is 21.0. The van der Waals surface area contributed by atoms with Crippen molar-refractivity contribution in [1.82, 2.24) is 20.1 Å². The number of rotatable bonds is 5. The maximum Gasteiger partial charge on any atom is 0.170 e. The number of nitrogens with zero attached hydrogens (tertiary/aromatic N) is 3. The number of hydrogen-bond acceptors (Lipinski definition) is 4. The van der Waals surface area contributed by atoms with Gasteiger partial charge in [0.05, 0.1) is 17.8 Å². The molecule has 2 aromatic rings. The first-order chi connectivity index (χ1) is 11.1. The van der Waals surface area contributed by atoms with Crippen LogP contribution >= 0.6 is 39.5 Å². The maximum absolute atomic E-state index is 5.61. The van der Waals surface area contributed by atoms with Crippen molar-refractivity contribution in [2.75, 3.05) is 27.2 Å². The third-order valence-electron chi connectivity index (χ3n) is 3.87. The molecule has 0 bridgehead atoms. The molecule has 3 heterocycles. The van der Waals surface area contributed by atoms with Gasteiger partial charge < -0.3 is 15.1 Å². The summed E-state index contributed by atoms with van der Waals surface area (Å²) < 4.78 is 1.11. The van der Waals surface area contributed by atoms with Gasteiger partial charge in [0.1, 0.15) is 0 Å². The van der Waals surface area contributed by atoms with Crippen LogP contribution in [0.1, 0.15) is 22.7 Å². The zero-order valence-corrected chi connectivity index (χ0v) is 16.3. The molecule has 1 N–H and O–H groups in total. The van der Waals surface area contributed by atoms with Gasteiger partial charge in [0.2, 0.25) is 0 Å². The molecule has 0 aromatic carbocycles. The Bertz CT molecular complexity index is 674. The van der Waals surface area contributed by atoms with E-state index in [0.717, 1.165) is 28.4 Å². The summed E-state index contributed by atoms with van der Waals surface area (Å²) >= 11 is 10.9. The third kappa shape index (κ3) is 3.74. The van der Waals surface area contributed by atoms with Gasteiger partial charge in [0.15, 0.2) is 5.11 Å². The van der Waals surface area contributed by atoms with Crippen LogP contribution in [-0.4, -0.2) is 47.1 Å². The van der Waals surface area contributed by atoms with Gasteiger partial charge >= 0.3 is 0 Å². The van der Waals surface area contributed by atoms with Crippen LogP contribution in [-0.2, 0) is 0 Å². The molecular formula is C16H19BrN4S2. The fourth-order valence-electron chi connectivity index (χ4n) is 2.75. The molecule has 0 aliphatic carbocycles. The van der Waals surface area contributed by atoms with Crippen LogP contribution in [0.15, 0.2) is 40.3 Å². The van der Waals surface area contributed by atoms with Crippen LogP contribution in [0.5, 0.6) is 0 Å². The summed E-state index contributed by atoms with van der Waals surface area (Å²) in [4.78, 5) is 10.3. The second-order valence-corrected chi connectivity index (χ2v) is 8.04. The fraction of sp³-hybridized carbons (Fsp3) is 0.375. The summed E-state index contributed by atoms with van der Waals surface area (Å²) in [7, 11) is 4.17. The van der Waals surface area contributed by atoms with Crippen molar-refractivity contribution in [3.05, 3.63) is 50.9 Å². The Balaban J connectivity index is 1.94. The summed E-state index contributed by atoms with van der Waals surface area (Å²) in [5, 5.41) is 6.39. The molecule has 1 fully saturated rings. The number of halogens is 1. The van der Waals surface area contributed by atoms with Gasteiger partial charge in [-0.15, -0.1) is 11.3 Å². The molecule has 1 aliphatic heterocycles. The molecule has 23 heavy (non-hydrogen) atoms. The Kier molecular flexibility index (Phi) is 5.31. The van der Waals surface area contributed by atoms with E-state index >= 15 is 0 Å². The van der Waals surface area contributed by atoms with E-state index in [-0.39, 0.29) is 12.1 Å². The van der Waals surface area contributed by atoms with Crippen LogP contribution in [0, 0.1) is 0 Å². The summed E-state index contributed by atoms with van der Waals surface area (Å²) in [5.41, 5.74) is 1.02. The lowest BCUT2D eigenvalue weighted by Crippen LogP contribution is -2.35. The van der Waals surface area contributed by atoms with Gasteiger partial charge in [-0.1, -0.05) is 6.07 Å². The minimum absolute atomic E-state index is 0.0800. The quantitative estimate of drug-likeness (QED) is 0.762. The standard InChI is InChI=1S/C16H19BrN4S2/c1-20(2)7-8-21-15(13-9-11(17)10-23-13)14(19-16(21)22)12-5-3-4-6-18-12/h3-6,9-10,14-15H,7-8H2,1-2H3,(H,19,22)/t14-,15-/m1/s1. The van der Waals surface area contributed by atoms with Crippen molar-refractivity contribution < 1.29 is 0 Å². The number of likely N-dealkylation sites (N-methyl/N-ethyl adjacent to an activating group) is 1. The maximum atomic E-state index is 5.61. The topological polar surface area (TPSA) is 31.4 Å². The van der Waals surface area contributed by atoms with Crippen molar-refractivity contribution >= 4 is 44.6 Å². The molecule has 3 rings (SSSR count). The van der Waals surface area contributed by atoms with Crippen LogP contribution in [0.4, 0.5) is 0 Å². The second kappa shape index (κ2) is 7.25. The van der Waals surface area contributed by atoms with Crippen LogP contribution in [0.3, 0.4) is 0 Å². The average Bonchev–Trinajstić information content (AvgIpc) is 3.09. The van der Waals surface area contributed by atoms with Gasteiger partial charge in [-0.05, 0) is 60.4 Å². The summed E-state index contributed by atoms with van der Waals surface area (Å²) in [6.07, 6.45) is 1.84. The van der Waals surface area contributed by atoms with Crippen LogP contribution in [0.25, 0.3) is 0 Å². The monoisotopic (exact) mass is 410 g/mol. The molecule has 4 nitrogen and oxygen atoms in total. The van der Waals surface area contributed by atoms with Crippen molar-refractivity contribution in [3.63, 3.8) is 0 Å². The Labute approximate surface area is 154 Å².